The number of ether oxygens (including phenoxy) is 2. The molecule has 0 aliphatic carbocycles. The normalized spacial score (nSPS) is 10.4. The summed E-state index contributed by atoms with van der Waals surface area (Å²) in [4.78, 5) is 21.9. The summed E-state index contributed by atoms with van der Waals surface area (Å²) in [6.07, 6.45) is 0.814. The summed E-state index contributed by atoms with van der Waals surface area (Å²) in [5.74, 6) is 1.43. The molecule has 0 atom stereocenters. The summed E-state index contributed by atoms with van der Waals surface area (Å²) in [5.41, 5.74) is 6.11. The van der Waals surface area contributed by atoms with Crippen molar-refractivity contribution in [1.82, 2.24) is 0 Å². The number of aryl methyl sites for hydroxylation is 2. The fourth-order valence-electron chi connectivity index (χ4n) is 3.27. The van der Waals surface area contributed by atoms with Crippen molar-refractivity contribution < 1.29 is 19.1 Å². The van der Waals surface area contributed by atoms with E-state index in [1.54, 1.807) is 24.3 Å². The van der Waals surface area contributed by atoms with Crippen LogP contribution in [0.2, 0.25) is 0 Å². The summed E-state index contributed by atoms with van der Waals surface area (Å²) >= 11 is 0. The van der Waals surface area contributed by atoms with Crippen molar-refractivity contribution >= 4 is 12.1 Å². The van der Waals surface area contributed by atoms with Crippen molar-refractivity contribution in [2.75, 3.05) is 6.61 Å². The molecular weight excluding hydrogens is 364 g/mol. The minimum Gasteiger partial charge on any atom is -0.489 e. The maximum atomic E-state index is 11.2. The van der Waals surface area contributed by atoms with E-state index in [4.69, 9.17) is 9.47 Å². The second-order valence-corrected chi connectivity index (χ2v) is 7.10. The van der Waals surface area contributed by atoms with E-state index in [9.17, 15) is 9.59 Å². The first-order valence-corrected chi connectivity index (χ1v) is 9.47. The van der Waals surface area contributed by atoms with Crippen molar-refractivity contribution in [2.24, 2.45) is 0 Å². The molecule has 3 aromatic carbocycles. The number of hydrogen-bond donors (Lipinski definition) is 0. The number of carbonyl (C=O) groups is 2. The largest absolute Gasteiger partial charge is 0.489 e. The number of carbonyl (C=O) groups excluding carboxylic acids is 2. The maximum Gasteiger partial charge on any atom is 0.167 e. The van der Waals surface area contributed by atoms with Gasteiger partial charge in [0.05, 0.1) is 0 Å². The summed E-state index contributed by atoms with van der Waals surface area (Å²) < 4.78 is 11.4. The Morgan fingerprint density at radius 2 is 1.59 bits per heavy atom. The average Bonchev–Trinajstić information content (AvgIpc) is 2.71. The van der Waals surface area contributed by atoms with Gasteiger partial charge in [-0.1, -0.05) is 18.2 Å². The lowest BCUT2D eigenvalue weighted by atomic mass is 9.94. The predicted octanol–water partition coefficient (Wildman–Crippen LogP) is 5.33. The summed E-state index contributed by atoms with van der Waals surface area (Å²) in [5, 5.41) is 0. The van der Waals surface area contributed by atoms with E-state index < -0.39 is 0 Å². The van der Waals surface area contributed by atoms with E-state index in [1.165, 1.54) is 6.92 Å². The van der Waals surface area contributed by atoms with Gasteiger partial charge in [-0.3, -0.25) is 9.59 Å². The van der Waals surface area contributed by atoms with Crippen LogP contribution in [0.3, 0.4) is 0 Å². The van der Waals surface area contributed by atoms with Crippen LogP contribution < -0.4 is 9.47 Å². The van der Waals surface area contributed by atoms with E-state index in [2.05, 4.69) is 12.1 Å². The lowest BCUT2D eigenvalue weighted by Crippen LogP contribution is -2.07. The minimum absolute atomic E-state index is 0.00196. The Balaban J connectivity index is 1.77. The Labute approximate surface area is 171 Å². The van der Waals surface area contributed by atoms with Crippen LogP contribution in [0.4, 0.5) is 0 Å². The van der Waals surface area contributed by atoms with Crippen LogP contribution in [0.5, 0.6) is 11.5 Å². The molecule has 0 aliphatic rings. The first kappa shape index (κ1) is 20.3. The summed E-state index contributed by atoms with van der Waals surface area (Å²) in [6, 6.07) is 19.2. The van der Waals surface area contributed by atoms with Crippen LogP contribution in [0, 0.1) is 13.8 Å². The number of Topliss-reactive ketones (excluding diaryl/α,β-unsaturated/α-hetero) is 1. The highest BCUT2D eigenvalue weighted by molar-refractivity contribution is 5.77. The first-order chi connectivity index (χ1) is 14.0. The van der Waals surface area contributed by atoms with Gasteiger partial charge in [0.15, 0.2) is 5.78 Å². The van der Waals surface area contributed by atoms with E-state index in [1.807, 2.05) is 38.1 Å². The Bertz CT molecular complexity index is 996. The minimum atomic E-state index is -0.00196. The molecule has 0 fully saturated rings. The summed E-state index contributed by atoms with van der Waals surface area (Å²) in [7, 11) is 0. The maximum absolute atomic E-state index is 11.2. The van der Waals surface area contributed by atoms with Gasteiger partial charge in [0.25, 0.3) is 0 Å². The smallest absolute Gasteiger partial charge is 0.167 e. The molecule has 0 saturated carbocycles. The highest BCUT2D eigenvalue weighted by Gasteiger charge is 2.10. The van der Waals surface area contributed by atoms with Gasteiger partial charge in [0.2, 0.25) is 0 Å². The van der Waals surface area contributed by atoms with Crippen LogP contribution in [-0.2, 0) is 11.4 Å². The van der Waals surface area contributed by atoms with Crippen LogP contribution in [0.1, 0.15) is 34.0 Å². The first-order valence-electron chi connectivity index (χ1n) is 9.47. The third-order valence-corrected chi connectivity index (χ3v) is 4.59. The van der Waals surface area contributed by atoms with Crippen molar-refractivity contribution in [2.45, 2.75) is 27.4 Å². The number of aldehydes is 1. The Morgan fingerprint density at radius 3 is 2.21 bits per heavy atom. The molecule has 0 amide bonds. The number of ketones is 1. The molecule has 0 saturated heterocycles. The second kappa shape index (κ2) is 9.20. The highest BCUT2D eigenvalue weighted by Crippen LogP contribution is 2.31. The van der Waals surface area contributed by atoms with E-state index >= 15 is 0 Å². The van der Waals surface area contributed by atoms with Crippen molar-refractivity contribution in [3.05, 3.63) is 82.9 Å². The van der Waals surface area contributed by atoms with Gasteiger partial charge in [0.1, 0.15) is 31.0 Å². The number of hydrogen-bond acceptors (Lipinski definition) is 4. The molecule has 0 aliphatic heterocycles. The molecule has 4 heteroatoms. The molecule has 148 valence electrons. The molecule has 29 heavy (non-hydrogen) atoms. The third kappa shape index (κ3) is 5.32. The third-order valence-electron chi connectivity index (χ3n) is 4.59. The van der Waals surface area contributed by atoms with E-state index in [-0.39, 0.29) is 12.4 Å². The van der Waals surface area contributed by atoms with Gasteiger partial charge in [-0.2, -0.15) is 0 Å². The second-order valence-electron chi connectivity index (χ2n) is 7.10. The molecule has 3 rings (SSSR count). The number of rotatable bonds is 8. The van der Waals surface area contributed by atoms with Crippen molar-refractivity contribution in [3.8, 4) is 22.6 Å². The Kier molecular flexibility index (Phi) is 6.45. The van der Waals surface area contributed by atoms with Crippen LogP contribution in [-0.4, -0.2) is 18.7 Å². The topological polar surface area (TPSA) is 52.6 Å². The van der Waals surface area contributed by atoms with Crippen molar-refractivity contribution in [1.29, 1.82) is 0 Å². The molecule has 0 unspecified atom stereocenters. The van der Waals surface area contributed by atoms with Gasteiger partial charge < -0.3 is 9.47 Å². The number of benzene rings is 3. The van der Waals surface area contributed by atoms with Crippen LogP contribution >= 0.6 is 0 Å². The Morgan fingerprint density at radius 1 is 0.897 bits per heavy atom. The van der Waals surface area contributed by atoms with Gasteiger partial charge >= 0.3 is 0 Å². The summed E-state index contributed by atoms with van der Waals surface area (Å²) in [6.45, 7) is 6.12. The van der Waals surface area contributed by atoms with Crippen molar-refractivity contribution in [3.63, 3.8) is 0 Å². The molecule has 0 radical (unpaired) electrons. The molecule has 4 nitrogen and oxygen atoms in total. The Hall–Kier alpha value is -3.40. The molecule has 0 aromatic heterocycles. The van der Waals surface area contributed by atoms with Gasteiger partial charge in [-0.25, -0.2) is 0 Å². The fourth-order valence-corrected chi connectivity index (χ4v) is 3.27. The van der Waals surface area contributed by atoms with Gasteiger partial charge in [-0.15, -0.1) is 0 Å². The average molecular weight is 388 g/mol. The van der Waals surface area contributed by atoms with Crippen LogP contribution in [0.15, 0.2) is 60.7 Å². The monoisotopic (exact) mass is 388 g/mol. The zero-order valence-corrected chi connectivity index (χ0v) is 16.9. The van der Waals surface area contributed by atoms with E-state index in [0.29, 0.717) is 17.9 Å². The molecule has 0 N–H and O–H groups in total. The predicted molar refractivity (Wildman–Crippen MR) is 114 cm³/mol. The zero-order chi connectivity index (χ0) is 20.8. The molecule has 0 bridgehead atoms. The quantitative estimate of drug-likeness (QED) is 0.490. The fraction of sp³-hybridized carbons (Fsp3) is 0.200. The van der Waals surface area contributed by atoms with E-state index in [0.717, 1.165) is 39.9 Å². The standard InChI is InChI=1S/C25H24O4/c1-17-11-24(28-15-19(3)27)12-18(2)25(17)22-6-4-5-21(13-22)16-29-23-9-7-20(14-26)8-10-23/h4-14H,15-16H2,1-3H3. The van der Waals surface area contributed by atoms with Gasteiger partial charge in [0, 0.05) is 5.56 Å². The lowest BCUT2D eigenvalue weighted by molar-refractivity contribution is -0.118. The molecule has 3 aromatic rings. The zero-order valence-electron chi connectivity index (χ0n) is 16.9. The van der Waals surface area contributed by atoms with Crippen LogP contribution in [0.25, 0.3) is 11.1 Å². The van der Waals surface area contributed by atoms with Gasteiger partial charge in [-0.05, 0) is 91.1 Å². The highest BCUT2D eigenvalue weighted by atomic mass is 16.5. The molecule has 0 spiro atoms. The lowest BCUT2D eigenvalue weighted by Gasteiger charge is -2.15. The molecule has 0 heterocycles. The molecular formula is C25H24O4. The SMILES string of the molecule is CC(=O)COc1cc(C)c(-c2cccc(COc3ccc(C=O)cc3)c2)c(C)c1.